The summed E-state index contributed by atoms with van der Waals surface area (Å²) < 4.78 is 13.5. The Morgan fingerprint density at radius 2 is 1.89 bits per heavy atom. The van der Waals surface area contributed by atoms with E-state index >= 15 is 0 Å². The number of Topliss-reactive ketones (excluding diaryl/α,β-unsaturated/α-hetero) is 1. The lowest BCUT2D eigenvalue weighted by Gasteiger charge is -2.34. The number of ketones is 1. The van der Waals surface area contributed by atoms with Crippen LogP contribution in [0.1, 0.15) is 25.8 Å². The van der Waals surface area contributed by atoms with Gasteiger partial charge in [0.2, 0.25) is 0 Å². The highest BCUT2D eigenvalue weighted by Gasteiger charge is 2.23. The average molecular weight is 263 g/mol. The summed E-state index contributed by atoms with van der Waals surface area (Å²) in [4.78, 5) is 14.2. The van der Waals surface area contributed by atoms with Crippen LogP contribution in [0.5, 0.6) is 0 Å². The van der Waals surface area contributed by atoms with Gasteiger partial charge in [-0.1, -0.05) is 32.0 Å². The molecule has 3 heteroatoms. The molecule has 2 nitrogen and oxygen atoms in total. The lowest BCUT2D eigenvalue weighted by atomic mass is 9.91. The van der Waals surface area contributed by atoms with Crippen molar-refractivity contribution in [3.63, 3.8) is 0 Å². The van der Waals surface area contributed by atoms with Crippen LogP contribution in [-0.4, -0.2) is 30.3 Å². The van der Waals surface area contributed by atoms with Crippen molar-refractivity contribution in [3.8, 4) is 0 Å². The molecule has 2 unspecified atom stereocenters. The maximum Gasteiger partial charge on any atom is 0.151 e. The Balaban J connectivity index is 1.89. The van der Waals surface area contributed by atoms with Crippen LogP contribution >= 0.6 is 0 Å². The molecule has 0 saturated carbocycles. The van der Waals surface area contributed by atoms with Crippen LogP contribution in [0.3, 0.4) is 0 Å². The van der Waals surface area contributed by atoms with Gasteiger partial charge in [0.25, 0.3) is 0 Å². The first kappa shape index (κ1) is 14.2. The molecule has 1 aromatic rings. The normalized spacial score (nSPS) is 24.4. The third kappa shape index (κ3) is 4.13. The van der Waals surface area contributed by atoms with E-state index in [0.717, 1.165) is 13.1 Å². The molecule has 0 aliphatic carbocycles. The van der Waals surface area contributed by atoms with Gasteiger partial charge in [0.05, 0.1) is 6.54 Å². The first-order chi connectivity index (χ1) is 9.04. The standard InChI is InChI=1S/C16H22FNO/c1-12-7-13(2)10-18(9-12)11-15(19)8-14-5-3-4-6-16(14)17/h3-6,12-13H,7-11H2,1-2H3. The maximum absolute atomic E-state index is 13.5. The van der Waals surface area contributed by atoms with Gasteiger partial charge in [-0.25, -0.2) is 4.39 Å². The molecule has 0 N–H and O–H groups in total. The van der Waals surface area contributed by atoms with Gasteiger partial charge in [0, 0.05) is 19.5 Å². The van der Waals surface area contributed by atoms with E-state index in [1.54, 1.807) is 18.2 Å². The number of nitrogens with zero attached hydrogens (tertiary/aromatic N) is 1. The van der Waals surface area contributed by atoms with Crippen molar-refractivity contribution >= 4 is 5.78 Å². The number of hydrogen-bond acceptors (Lipinski definition) is 2. The SMILES string of the molecule is CC1CC(C)CN(CC(=O)Cc2ccccc2F)C1. The molecule has 1 aliphatic rings. The fourth-order valence-corrected chi connectivity index (χ4v) is 3.08. The number of halogens is 1. The Hall–Kier alpha value is -1.22. The minimum Gasteiger partial charge on any atom is -0.298 e. The van der Waals surface area contributed by atoms with Gasteiger partial charge in [-0.2, -0.15) is 0 Å². The van der Waals surface area contributed by atoms with E-state index in [1.807, 2.05) is 0 Å². The molecule has 0 aromatic heterocycles. The van der Waals surface area contributed by atoms with Crippen LogP contribution in [0.15, 0.2) is 24.3 Å². The third-order valence-electron chi connectivity index (χ3n) is 3.69. The first-order valence-electron chi connectivity index (χ1n) is 7.02. The van der Waals surface area contributed by atoms with Crippen molar-refractivity contribution < 1.29 is 9.18 Å². The van der Waals surface area contributed by atoms with Crippen LogP contribution in [0.4, 0.5) is 4.39 Å². The predicted molar refractivity (Wildman–Crippen MR) is 74.5 cm³/mol. The second-order valence-corrected chi connectivity index (χ2v) is 5.95. The van der Waals surface area contributed by atoms with Gasteiger partial charge < -0.3 is 0 Å². The van der Waals surface area contributed by atoms with E-state index in [-0.39, 0.29) is 18.0 Å². The molecule has 2 atom stereocenters. The van der Waals surface area contributed by atoms with Crippen molar-refractivity contribution in [3.05, 3.63) is 35.6 Å². The number of carbonyl (C=O) groups excluding carboxylic acids is 1. The molecule has 0 bridgehead atoms. The molecule has 0 spiro atoms. The van der Waals surface area contributed by atoms with E-state index in [4.69, 9.17) is 0 Å². The van der Waals surface area contributed by atoms with E-state index in [1.165, 1.54) is 12.5 Å². The molecule has 2 rings (SSSR count). The van der Waals surface area contributed by atoms with E-state index in [0.29, 0.717) is 23.9 Å². The van der Waals surface area contributed by atoms with E-state index in [9.17, 15) is 9.18 Å². The lowest BCUT2D eigenvalue weighted by molar-refractivity contribution is -0.120. The van der Waals surface area contributed by atoms with Crippen molar-refractivity contribution in [1.82, 2.24) is 4.90 Å². The Labute approximate surface area is 114 Å². The van der Waals surface area contributed by atoms with Gasteiger partial charge >= 0.3 is 0 Å². The summed E-state index contributed by atoms with van der Waals surface area (Å²) in [5.41, 5.74) is 0.505. The minimum absolute atomic E-state index is 0.103. The van der Waals surface area contributed by atoms with Crippen LogP contribution in [-0.2, 0) is 11.2 Å². The smallest absolute Gasteiger partial charge is 0.151 e. The average Bonchev–Trinajstić information content (AvgIpc) is 2.30. The van der Waals surface area contributed by atoms with Crippen LogP contribution < -0.4 is 0 Å². The van der Waals surface area contributed by atoms with Gasteiger partial charge in [-0.15, -0.1) is 0 Å². The Morgan fingerprint density at radius 3 is 2.53 bits per heavy atom. The lowest BCUT2D eigenvalue weighted by Crippen LogP contribution is -2.41. The zero-order chi connectivity index (χ0) is 13.8. The quantitative estimate of drug-likeness (QED) is 0.832. The van der Waals surface area contributed by atoms with Crippen molar-refractivity contribution in [2.24, 2.45) is 11.8 Å². The largest absolute Gasteiger partial charge is 0.298 e. The predicted octanol–water partition coefficient (Wildman–Crippen LogP) is 2.92. The molecule has 1 fully saturated rings. The monoisotopic (exact) mass is 263 g/mol. The number of carbonyl (C=O) groups is 1. The molecule has 1 aliphatic heterocycles. The van der Waals surface area contributed by atoms with Crippen LogP contribution in [0.25, 0.3) is 0 Å². The molecule has 1 aromatic carbocycles. The summed E-state index contributed by atoms with van der Waals surface area (Å²) in [6.45, 7) is 6.86. The molecule has 1 heterocycles. The third-order valence-corrected chi connectivity index (χ3v) is 3.69. The van der Waals surface area contributed by atoms with E-state index < -0.39 is 0 Å². The molecular formula is C16H22FNO. The highest BCUT2D eigenvalue weighted by Crippen LogP contribution is 2.20. The molecule has 0 amide bonds. The van der Waals surface area contributed by atoms with Gasteiger partial charge in [-0.05, 0) is 29.9 Å². The summed E-state index contributed by atoms with van der Waals surface area (Å²) in [5, 5.41) is 0. The zero-order valence-corrected chi connectivity index (χ0v) is 11.7. The van der Waals surface area contributed by atoms with Crippen molar-refractivity contribution in [1.29, 1.82) is 0 Å². The number of rotatable bonds is 4. The topological polar surface area (TPSA) is 20.3 Å². The molecule has 1 saturated heterocycles. The fraction of sp³-hybridized carbons (Fsp3) is 0.562. The minimum atomic E-state index is -0.281. The van der Waals surface area contributed by atoms with Gasteiger partial charge in [-0.3, -0.25) is 9.69 Å². The summed E-state index contributed by atoms with van der Waals surface area (Å²) >= 11 is 0. The Kier molecular flexibility index (Phi) is 4.70. The number of benzene rings is 1. The van der Waals surface area contributed by atoms with Gasteiger partial charge in [0.1, 0.15) is 5.82 Å². The Morgan fingerprint density at radius 1 is 1.26 bits per heavy atom. The highest BCUT2D eigenvalue weighted by molar-refractivity contribution is 5.82. The number of piperidine rings is 1. The maximum atomic E-state index is 13.5. The highest BCUT2D eigenvalue weighted by atomic mass is 19.1. The summed E-state index contributed by atoms with van der Waals surface area (Å²) in [7, 11) is 0. The number of hydrogen-bond donors (Lipinski definition) is 0. The fourth-order valence-electron chi connectivity index (χ4n) is 3.08. The van der Waals surface area contributed by atoms with Crippen molar-refractivity contribution in [2.45, 2.75) is 26.7 Å². The van der Waals surface area contributed by atoms with E-state index in [2.05, 4.69) is 18.7 Å². The number of likely N-dealkylation sites (tertiary alicyclic amines) is 1. The molecular weight excluding hydrogens is 241 g/mol. The summed E-state index contributed by atoms with van der Waals surface area (Å²) in [6, 6.07) is 6.52. The van der Waals surface area contributed by atoms with Gasteiger partial charge in [0.15, 0.2) is 5.78 Å². The van der Waals surface area contributed by atoms with Crippen molar-refractivity contribution in [2.75, 3.05) is 19.6 Å². The molecule has 104 valence electrons. The zero-order valence-electron chi connectivity index (χ0n) is 11.7. The second-order valence-electron chi connectivity index (χ2n) is 5.95. The Bertz CT molecular complexity index is 436. The second kappa shape index (κ2) is 6.29. The first-order valence-corrected chi connectivity index (χ1v) is 7.02. The molecule has 0 radical (unpaired) electrons. The molecule has 19 heavy (non-hydrogen) atoms. The van der Waals surface area contributed by atoms with Crippen LogP contribution in [0.2, 0.25) is 0 Å². The summed E-state index contributed by atoms with van der Waals surface area (Å²) in [6.07, 6.45) is 1.43. The summed E-state index contributed by atoms with van der Waals surface area (Å²) in [5.74, 6) is 1.11. The van der Waals surface area contributed by atoms with Crippen LogP contribution in [0, 0.1) is 17.7 Å².